The molecule has 0 radical (unpaired) electrons. The Balaban J connectivity index is 1.64. The molecule has 0 fully saturated rings. The zero-order valence-corrected chi connectivity index (χ0v) is 25.0. The molecule has 1 unspecified atom stereocenters. The van der Waals surface area contributed by atoms with E-state index >= 15 is 4.39 Å². The maximum absolute atomic E-state index is 15.1. The van der Waals surface area contributed by atoms with Gasteiger partial charge in [0, 0.05) is 42.5 Å². The van der Waals surface area contributed by atoms with Gasteiger partial charge >= 0.3 is 0 Å². The van der Waals surface area contributed by atoms with E-state index in [-0.39, 0.29) is 24.1 Å². The molecule has 5 aromatic rings. The van der Waals surface area contributed by atoms with Crippen molar-refractivity contribution < 1.29 is 18.4 Å². The number of carbonyl (C=O) groups excluding carboxylic acids is 2. The Labute approximate surface area is 252 Å². The number of amides is 2. The lowest BCUT2D eigenvalue weighted by Gasteiger charge is -2.17. The molecule has 1 atom stereocenters. The molecular formula is C33H32F2N6O3. The summed E-state index contributed by atoms with van der Waals surface area (Å²) in [6.07, 6.45) is 3.24. The maximum Gasteiger partial charge on any atom is 0.294 e. The van der Waals surface area contributed by atoms with Crippen LogP contribution in [0, 0.1) is 18.6 Å². The van der Waals surface area contributed by atoms with Crippen LogP contribution in [0.5, 0.6) is 0 Å². The van der Waals surface area contributed by atoms with E-state index in [9.17, 15) is 18.8 Å². The van der Waals surface area contributed by atoms with Gasteiger partial charge in [-0.3, -0.25) is 19.0 Å². The van der Waals surface area contributed by atoms with Crippen LogP contribution in [0.2, 0.25) is 0 Å². The molecule has 0 aliphatic carbocycles. The van der Waals surface area contributed by atoms with Crippen LogP contribution in [0.15, 0.2) is 77.9 Å². The fourth-order valence-corrected chi connectivity index (χ4v) is 5.01. The Morgan fingerprint density at radius 2 is 1.80 bits per heavy atom. The van der Waals surface area contributed by atoms with E-state index in [2.05, 4.69) is 15.6 Å². The van der Waals surface area contributed by atoms with Gasteiger partial charge in [-0.2, -0.15) is 0 Å². The number of nitrogens with one attached hydrogen (secondary N) is 2. The van der Waals surface area contributed by atoms with Crippen molar-refractivity contribution in [2.45, 2.75) is 26.4 Å². The summed E-state index contributed by atoms with van der Waals surface area (Å²) in [5, 5.41) is 6.09. The van der Waals surface area contributed by atoms with Crippen molar-refractivity contribution in [1.82, 2.24) is 24.3 Å². The first kappa shape index (κ1) is 30.3. The van der Waals surface area contributed by atoms with Gasteiger partial charge in [-0.1, -0.05) is 12.1 Å². The van der Waals surface area contributed by atoms with Crippen LogP contribution in [0.3, 0.4) is 0 Å². The van der Waals surface area contributed by atoms with Gasteiger partial charge in [0.25, 0.3) is 11.5 Å². The molecular weight excluding hydrogens is 566 g/mol. The molecule has 3 aromatic carbocycles. The largest absolute Gasteiger partial charge is 0.345 e. The van der Waals surface area contributed by atoms with E-state index in [1.165, 1.54) is 39.9 Å². The highest BCUT2D eigenvalue weighted by Crippen LogP contribution is 2.27. The van der Waals surface area contributed by atoms with E-state index in [1.807, 2.05) is 6.92 Å². The minimum absolute atomic E-state index is 0.0788. The summed E-state index contributed by atoms with van der Waals surface area (Å²) in [4.78, 5) is 44.8. The minimum atomic E-state index is -0.605. The van der Waals surface area contributed by atoms with Crippen LogP contribution in [0.4, 0.5) is 14.6 Å². The number of hydrogen-bond donors (Lipinski definition) is 2. The lowest BCUT2D eigenvalue weighted by atomic mass is 10.1. The second-order valence-corrected chi connectivity index (χ2v) is 10.8. The highest BCUT2D eigenvalue weighted by atomic mass is 19.1. The number of aromatic nitrogens is 3. The van der Waals surface area contributed by atoms with E-state index in [0.29, 0.717) is 39.0 Å². The Kier molecular flexibility index (Phi) is 8.41. The summed E-state index contributed by atoms with van der Waals surface area (Å²) in [5.74, 6) is -1.76. The molecule has 2 N–H and O–H groups in total. The van der Waals surface area contributed by atoms with Crippen LogP contribution in [0.1, 0.15) is 28.4 Å². The van der Waals surface area contributed by atoms with Crippen molar-refractivity contribution in [2.24, 2.45) is 0 Å². The molecule has 5 rings (SSSR count). The van der Waals surface area contributed by atoms with Gasteiger partial charge < -0.3 is 20.1 Å². The van der Waals surface area contributed by atoms with Crippen LogP contribution in [0.25, 0.3) is 27.8 Å². The molecule has 2 aromatic heterocycles. The van der Waals surface area contributed by atoms with Gasteiger partial charge in [0.15, 0.2) is 5.82 Å². The number of halogens is 2. The lowest BCUT2D eigenvalue weighted by Crippen LogP contribution is -2.38. The summed E-state index contributed by atoms with van der Waals surface area (Å²) >= 11 is 0. The molecule has 0 saturated carbocycles. The molecule has 9 nitrogen and oxygen atoms in total. The molecule has 0 saturated heterocycles. The van der Waals surface area contributed by atoms with Gasteiger partial charge in [-0.15, -0.1) is 0 Å². The van der Waals surface area contributed by atoms with Crippen LogP contribution in [-0.2, 0) is 11.3 Å². The molecule has 2 amide bonds. The third-order valence-corrected chi connectivity index (χ3v) is 7.46. The van der Waals surface area contributed by atoms with Gasteiger partial charge in [-0.25, -0.2) is 13.8 Å². The van der Waals surface area contributed by atoms with Crippen molar-refractivity contribution in [1.29, 1.82) is 0 Å². The van der Waals surface area contributed by atoms with Crippen molar-refractivity contribution in [2.75, 3.05) is 26.5 Å². The number of carbonyl (C=O) groups is 2. The number of rotatable bonds is 8. The predicted octanol–water partition coefficient (Wildman–Crippen LogP) is 4.74. The molecule has 2 heterocycles. The fourth-order valence-electron chi connectivity index (χ4n) is 5.01. The normalized spacial score (nSPS) is 11.9. The number of aryl methyl sites for hydroxylation is 1. The van der Waals surface area contributed by atoms with Gasteiger partial charge in [0.2, 0.25) is 5.91 Å². The topological polar surface area (TPSA) is 101 Å². The molecule has 44 heavy (non-hydrogen) atoms. The van der Waals surface area contributed by atoms with Crippen molar-refractivity contribution in [3.63, 3.8) is 0 Å². The van der Waals surface area contributed by atoms with Gasteiger partial charge in [0.05, 0.1) is 30.0 Å². The predicted molar refractivity (Wildman–Crippen MR) is 166 cm³/mol. The van der Waals surface area contributed by atoms with E-state index in [1.54, 1.807) is 75.2 Å². The number of benzene rings is 3. The highest BCUT2D eigenvalue weighted by molar-refractivity contribution is 5.95. The Morgan fingerprint density at radius 1 is 1.02 bits per heavy atom. The molecule has 11 heteroatoms. The Morgan fingerprint density at radius 3 is 2.52 bits per heavy atom. The monoisotopic (exact) mass is 598 g/mol. The summed E-state index contributed by atoms with van der Waals surface area (Å²) in [7, 11) is 4.90. The van der Waals surface area contributed by atoms with E-state index in [0.717, 1.165) is 5.56 Å². The first-order chi connectivity index (χ1) is 21.0. The molecule has 0 bridgehead atoms. The quantitative estimate of drug-likeness (QED) is 0.269. The first-order valence-electron chi connectivity index (χ1n) is 13.9. The third kappa shape index (κ3) is 6.00. The highest BCUT2D eigenvalue weighted by Gasteiger charge is 2.19. The first-order valence-corrected chi connectivity index (χ1v) is 13.9. The van der Waals surface area contributed by atoms with Crippen LogP contribution < -0.4 is 16.2 Å². The maximum atomic E-state index is 15.1. The summed E-state index contributed by atoms with van der Waals surface area (Å²) in [5.41, 5.74) is 3.18. The Bertz CT molecular complexity index is 1960. The zero-order chi connectivity index (χ0) is 31.7. The number of hydrogen-bond acceptors (Lipinski definition) is 5. The average molecular weight is 599 g/mol. The standard InChI is InChI=1S/C33H32F2N6O3/c1-19-17-40(28-10-9-24(34)15-27(19)28)26-12-21(11-25(35)14-26)18-41-29(22-7-6-8-23(13-22)32(43)39(4)5)16-37-30(33(41)44)38-31(42)20(2)36-3/h6-17,20,36H,18H2,1-5H3,(H,37,38,42). The molecule has 0 aliphatic heterocycles. The number of fused-ring (bicyclic) bond motifs is 1. The molecule has 0 spiro atoms. The molecule has 226 valence electrons. The lowest BCUT2D eigenvalue weighted by molar-refractivity contribution is -0.117. The minimum Gasteiger partial charge on any atom is -0.345 e. The van der Waals surface area contributed by atoms with Crippen LogP contribution >= 0.6 is 0 Å². The van der Waals surface area contributed by atoms with E-state index in [4.69, 9.17) is 0 Å². The second-order valence-electron chi connectivity index (χ2n) is 10.8. The van der Waals surface area contributed by atoms with Gasteiger partial charge in [-0.05, 0) is 80.6 Å². The zero-order valence-electron chi connectivity index (χ0n) is 25.0. The van der Waals surface area contributed by atoms with Crippen LogP contribution in [-0.4, -0.2) is 58.0 Å². The average Bonchev–Trinajstić information content (AvgIpc) is 3.33. The summed E-state index contributed by atoms with van der Waals surface area (Å²) in [6.45, 7) is 3.41. The number of anilines is 1. The SMILES string of the molecule is CNC(C)C(=O)Nc1ncc(-c2cccc(C(=O)N(C)C)c2)n(Cc2cc(F)cc(-n3cc(C)c4cc(F)ccc43)c2)c1=O. The number of nitrogens with zero attached hydrogens (tertiary/aromatic N) is 4. The third-order valence-electron chi connectivity index (χ3n) is 7.46. The van der Waals surface area contributed by atoms with Crippen molar-refractivity contribution in [3.05, 3.63) is 112 Å². The fraction of sp³-hybridized carbons (Fsp3) is 0.212. The summed E-state index contributed by atoms with van der Waals surface area (Å²) < 4.78 is 32.2. The number of likely N-dealkylation sites (N-methyl/N-ethyl adjacent to an activating group) is 1. The Hall–Kier alpha value is -5.16. The van der Waals surface area contributed by atoms with Crippen molar-refractivity contribution >= 4 is 28.5 Å². The molecule has 0 aliphatic rings. The second kappa shape index (κ2) is 12.2. The summed E-state index contributed by atoms with van der Waals surface area (Å²) in [6, 6.07) is 15.0. The van der Waals surface area contributed by atoms with Gasteiger partial charge in [0.1, 0.15) is 11.6 Å². The smallest absolute Gasteiger partial charge is 0.294 e. The van der Waals surface area contributed by atoms with E-state index < -0.39 is 23.3 Å². The van der Waals surface area contributed by atoms with Crippen molar-refractivity contribution in [3.8, 4) is 16.9 Å².